The zero-order valence-corrected chi connectivity index (χ0v) is 11.2. The maximum atomic E-state index is 13.2. The molecule has 0 bridgehead atoms. The number of phenols is 1. The molecule has 0 amide bonds. The molecule has 0 saturated heterocycles. The fourth-order valence-electron chi connectivity index (χ4n) is 1.68. The Morgan fingerprint density at radius 2 is 2.11 bits per heavy atom. The molecule has 1 rings (SSSR count). The number of para-hydroxylation sites is 1. The van der Waals surface area contributed by atoms with Crippen LogP contribution < -0.4 is 5.32 Å². The summed E-state index contributed by atoms with van der Waals surface area (Å²) in [5.74, 6) is -0.448. The van der Waals surface area contributed by atoms with E-state index in [1.54, 1.807) is 12.1 Å². The van der Waals surface area contributed by atoms with Gasteiger partial charge in [0.2, 0.25) is 0 Å². The third kappa shape index (κ3) is 4.27. The monoisotopic (exact) mass is 255 g/mol. The number of rotatable bonds is 7. The maximum Gasteiger partial charge on any atom is 0.165 e. The van der Waals surface area contributed by atoms with Crippen LogP contribution in [0.1, 0.15) is 26.3 Å². The van der Waals surface area contributed by atoms with Crippen LogP contribution in [0.15, 0.2) is 18.2 Å². The number of halogens is 1. The van der Waals surface area contributed by atoms with Crippen molar-refractivity contribution < 1.29 is 14.2 Å². The topological polar surface area (TPSA) is 41.5 Å². The molecule has 18 heavy (non-hydrogen) atoms. The van der Waals surface area contributed by atoms with Gasteiger partial charge in [-0.25, -0.2) is 4.39 Å². The second-order valence-corrected chi connectivity index (χ2v) is 4.64. The van der Waals surface area contributed by atoms with Crippen molar-refractivity contribution in [2.24, 2.45) is 5.92 Å². The molecule has 0 heterocycles. The Labute approximate surface area is 108 Å². The summed E-state index contributed by atoms with van der Waals surface area (Å²) < 4.78 is 18.6. The lowest BCUT2D eigenvalue weighted by Crippen LogP contribution is -2.37. The van der Waals surface area contributed by atoms with Gasteiger partial charge in [0.05, 0.1) is 6.61 Å². The lowest BCUT2D eigenvalue weighted by Gasteiger charge is -2.22. The van der Waals surface area contributed by atoms with Crippen LogP contribution in [-0.4, -0.2) is 24.4 Å². The Morgan fingerprint density at radius 1 is 1.39 bits per heavy atom. The molecule has 2 N–H and O–H groups in total. The predicted octanol–water partition coefficient (Wildman–Crippen LogP) is 2.68. The number of ether oxygens (including phenoxy) is 1. The van der Waals surface area contributed by atoms with Gasteiger partial charge < -0.3 is 15.2 Å². The smallest absolute Gasteiger partial charge is 0.165 e. The summed E-state index contributed by atoms with van der Waals surface area (Å²) in [7, 11) is 0. The van der Waals surface area contributed by atoms with Crippen molar-refractivity contribution >= 4 is 0 Å². The van der Waals surface area contributed by atoms with E-state index in [1.807, 2.05) is 6.92 Å². The molecule has 0 saturated carbocycles. The van der Waals surface area contributed by atoms with Gasteiger partial charge in [0, 0.05) is 24.8 Å². The third-order valence-corrected chi connectivity index (χ3v) is 2.93. The standard InChI is InChI=1S/C14H22FNO2/c1-4-18-9-13(10(2)3)16-8-11-6-5-7-12(15)14(11)17/h5-7,10,13,16-17H,4,8-9H2,1-3H3. The summed E-state index contributed by atoms with van der Waals surface area (Å²) >= 11 is 0. The van der Waals surface area contributed by atoms with Crippen LogP contribution in [-0.2, 0) is 11.3 Å². The van der Waals surface area contributed by atoms with Crippen molar-refractivity contribution in [1.29, 1.82) is 0 Å². The Balaban J connectivity index is 2.58. The maximum absolute atomic E-state index is 13.2. The van der Waals surface area contributed by atoms with Crippen LogP contribution in [0.25, 0.3) is 0 Å². The first-order chi connectivity index (χ1) is 8.56. The van der Waals surface area contributed by atoms with Gasteiger partial charge in [-0.2, -0.15) is 0 Å². The average molecular weight is 255 g/mol. The summed E-state index contributed by atoms with van der Waals surface area (Å²) in [6, 6.07) is 4.74. The highest BCUT2D eigenvalue weighted by molar-refractivity contribution is 5.33. The van der Waals surface area contributed by atoms with E-state index < -0.39 is 5.82 Å². The first-order valence-electron chi connectivity index (χ1n) is 6.33. The van der Waals surface area contributed by atoms with Gasteiger partial charge in [-0.15, -0.1) is 0 Å². The lowest BCUT2D eigenvalue weighted by molar-refractivity contribution is 0.107. The SMILES string of the molecule is CCOCC(NCc1cccc(F)c1O)C(C)C. The fourth-order valence-corrected chi connectivity index (χ4v) is 1.68. The molecule has 1 aromatic rings. The highest BCUT2D eigenvalue weighted by atomic mass is 19.1. The number of hydrogen-bond donors (Lipinski definition) is 2. The lowest BCUT2D eigenvalue weighted by atomic mass is 10.0. The van der Waals surface area contributed by atoms with Gasteiger partial charge in [0.1, 0.15) is 0 Å². The fraction of sp³-hybridized carbons (Fsp3) is 0.571. The highest BCUT2D eigenvalue weighted by Crippen LogP contribution is 2.20. The van der Waals surface area contributed by atoms with Crippen LogP contribution in [0.3, 0.4) is 0 Å². The molecule has 0 aromatic heterocycles. The van der Waals surface area contributed by atoms with E-state index in [0.717, 1.165) is 0 Å². The second-order valence-electron chi connectivity index (χ2n) is 4.64. The van der Waals surface area contributed by atoms with Crippen molar-refractivity contribution in [1.82, 2.24) is 5.32 Å². The molecular formula is C14H22FNO2. The molecular weight excluding hydrogens is 233 g/mol. The largest absolute Gasteiger partial charge is 0.505 e. The number of hydrogen-bond acceptors (Lipinski definition) is 3. The van der Waals surface area contributed by atoms with Crippen LogP contribution >= 0.6 is 0 Å². The summed E-state index contributed by atoms with van der Waals surface area (Å²) in [5.41, 5.74) is 0.567. The van der Waals surface area contributed by atoms with Gasteiger partial charge in [0.25, 0.3) is 0 Å². The van der Waals surface area contributed by atoms with Gasteiger partial charge in [0.15, 0.2) is 11.6 Å². The molecule has 0 aliphatic carbocycles. The number of benzene rings is 1. The molecule has 4 heteroatoms. The first-order valence-corrected chi connectivity index (χ1v) is 6.33. The summed E-state index contributed by atoms with van der Waals surface area (Å²) in [5, 5.41) is 12.9. The van der Waals surface area contributed by atoms with Gasteiger partial charge in [-0.1, -0.05) is 26.0 Å². The van der Waals surface area contributed by atoms with E-state index in [2.05, 4.69) is 19.2 Å². The molecule has 0 spiro atoms. The first kappa shape index (κ1) is 14.9. The van der Waals surface area contributed by atoms with Crippen molar-refractivity contribution in [3.8, 4) is 5.75 Å². The van der Waals surface area contributed by atoms with Crippen LogP contribution in [0.5, 0.6) is 5.75 Å². The number of nitrogens with one attached hydrogen (secondary N) is 1. The van der Waals surface area contributed by atoms with E-state index in [9.17, 15) is 9.50 Å². The highest BCUT2D eigenvalue weighted by Gasteiger charge is 2.14. The number of phenolic OH excluding ortho intramolecular Hbond substituents is 1. The number of aromatic hydroxyl groups is 1. The molecule has 1 atom stereocenters. The van der Waals surface area contributed by atoms with Crippen LogP contribution in [0, 0.1) is 11.7 Å². The molecule has 0 aliphatic rings. The minimum absolute atomic E-state index is 0.188. The van der Waals surface area contributed by atoms with Gasteiger partial charge in [-0.3, -0.25) is 0 Å². The van der Waals surface area contributed by atoms with Crippen molar-refractivity contribution in [2.75, 3.05) is 13.2 Å². The summed E-state index contributed by atoms with van der Waals surface area (Å²) in [6.45, 7) is 7.87. The van der Waals surface area contributed by atoms with Crippen LogP contribution in [0.2, 0.25) is 0 Å². The molecule has 3 nitrogen and oxygen atoms in total. The van der Waals surface area contributed by atoms with Crippen LogP contribution in [0.4, 0.5) is 4.39 Å². The molecule has 1 unspecified atom stereocenters. The Bertz CT molecular complexity index is 369. The third-order valence-electron chi connectivity index (χ3n) is 2.93. The van der Waals surface area contributed by atoms with E-state index in [0.29, 0.717) is 31.2 Å². The minimum Gasteiger partial charge on any atom is -0.505 e. The van der Waals surface area contributed by atoms with Crippen molar-refractivity contribution in [2.45, 2.75) is 33.4 Å². The zero-order chi connectivity index (χ0) is 13.5. The van der Waals surface area contributed by atoms with E-state index in [-0.39, 0.29) is 11.8 Å². The zero-order valence-electron chi connectivity index (χ0n) is 11.2. The Hall–Kier alpha value is -1.13. The average Bonchev–Trinajstić information content (AvgIpc) is 2.33. The minimum atomic E-state index is -0.583. The summed E-state index contributed by atoms with van der Waals surface area (Å²) in [6.07, 6.45) is 0. The summed E-state index contributed by atoms with van der Waals surface area (Å²) in [4.78, 5) is 0. The predicted molar refractivity (Wildman–Crippen MR) is 70.0 cm³/mol. The van der Waals surface area contributed by atoms with Gasteiger partial charge >= 0.3 is 0 Å². The Kier molecular flexibility index (Phi) is 6.09. The molecule has 0 fully saturated rings. The van der Waals surface area contributed by atoms with E-state index in [1.165, 1.54) is 6.07 Å². The Morgan fingerprint density at radius 3 is 2.72 bits per heavy atom. The quantitative estimate of drug-likeness (QED) is 0.787. The van der Waals surface area contributed by atoms with E-state index in [4.69, 9.17) is 4.74 Å². The normalized spacial score (nSPS) is 12.9. The van der Waals surface area contributed by atoms with Gasteiger partial charge in [-0.05, 0) is 18.9 Å². The molecule has 102 valence electrons. The van der Waals surface area contributed by atoms with Crippen molar-refractivity contribution in [3.05, 3.63) is 29.6 Å². The second kappa shape index (κ2) is 7.34. The molecule has 1 aromatic carbocycles. The molecule has 0 radical (unpaired) electrons. The molecule has 0 aliphatic heterocycles. The van der Waals surface area contributed by atoms with E-state index >= 15 is 0 Å². The van der Waals surface area contributed by atoms with Crippen molar-refractivity contribution in [3.63, 3.8) is 0 Å².